The zero-order valence-electron chi connectivity index (χ0n) is 13.4. The molecule has 126 valence electrons. The smallest absolute Gasteiger partial charge is 0.252 e. The van der Waals surface area contributed by atoms with Gasteiger partial charge in [-0.15, -0.1) is 0 Å². The van der Waals surface area contributed by atoms with E-state index in [-0.39, 0.29) is 11.8 Å². The van der Waals surface area contributed by atoms with Gasteiger partial charge in [0.15, 0.2) is 0 Å². The lowest BCUT2D eigenvalue weighted by Gasteiger charge is -2.35. The van der Waals surface area contributed by atoms with Crippen LogP contribution in [0.15, 0.2) is 18.2 Å². The molecule has 1 aromatic carbocycles. The summed E-state index contributed by atoms with van der Waals surface area (Å²) in [4.78, 5) is 24.6. The average molecular weight is 340 g/mol. The SMILES string of the molecule is CNC(=O)c1cc(NC(=O)C2(COC)CCNCC2)ccc1Cl. The summed E-state index contributed by atoms with van der Waals surface area (Å²) in [7, 11) is 3.13. The summed E-state index contributed by atoms with van der Waals surface area (Å²) < 4.78 is 5.27. The highest BCUT2D eigenvalue weighted by atomic mass is 35.5. The lowest BCUT2D eigenvalue weighted by atomic mass is 9.78. The highest BCUT2D eigenvalue weighted by Gasteiger charge is 2.39. The second-order valence-electron chi connectivity index (χ2n) is 5.69. The maximum Gasteiger partial charge on any atom is 0.252 e. The van der Waals surface area contributed by atoms with Gasteiger partial charge in [-0.2, -0.15) is 0 Å². The van der Waals surface area contributed by atoms with E-state index in [0.29, 0.717) is 35.7 Å². The van der Waals surface area contributed by atoms with Crippen molar-refractivity contribution in [1.82, 2.24) is 10.6 Å². The van der Waals surface area contributed by atoms with Crippen molar-refractivity contribution in [3.05, 3.63) is 28.8 Å². The second kappa shape index (κ2) is 7.77. The third-order valence-electron chi connectivity index (χ3n) is 4.16. The van der Waals surface area contributed by atoms with Crippen LogP contribution in [0.2, 0.25) is 5.02 Å². The van der Waals surface area contributed by atoms with Crippen LogP contribution in [0, 0.1) is 5.41 Å². The number of ether oxygens (including phenoxy) is 1. The molecule has 0 radical (unpaired) electrons. The van der Waals surface area contributed by atoms with Crippen LogP contribution >= 0.6 is 11.6 Å². The van der Waals surface area contributed by atoms with Crippen LogP contribution in [-0.4, -0.2) is 45.7 Å². The summed E-state index contributed by atoms with van der Waals surface area (Å²) >= 11 is 6.03. The van der Waals surface area contributed by atoms with E-state index in [9.17, 15) is 9.59 Å². The van der Waals surface area contributed by atoms with Crippen molar-refractivity contribution >= 4 is 29.1 Å². The molecule has 6 nitrogen and oxygen atoms in total. The zero-order chi connectivity index (χ0) is 16.9. The van der Waals surface area contributed by atoms with Gasteiger partial charge in [-0.3, -0.25) is 9.59 Å². The van der Waals surface area contributed by atoms with Crippen molar-refractivity contribution in [1.29, 1.82) is 0 Å². The number of nitrogens with one attached hydrogen (secondary N) is 3. The number of methoxy groups -OCH3 is 1. The number of hydrogen-bond donors (Lipinski definition) is 3. The summed E-state index contributed by atoms with van der Waals surface area (Å²) in [6.07, 6.45) is 1.42. The van der Waals surface area contributed by atoms with Gasteiger partial charge in [0.25, 0.3) is 5.91 Å². The molecule has 0 atom stereocenters. The van der Waals surface area contributed by atoms with Crippen LogP contribution in [0.3, 0.4) is 0 Å². The van der Waals surface area contributed by atoms with Crippen molar-refractivity contribution in [2.75, 3.05) is 39.2 Å². The largest absolute Gasteiger partial charge is 0.384 e. The molecular formula is C16H22ClN3O3. The lowest BCUT2D eigenvalue weighted by molar-refractivity contribution is -0.130. The molecule has 1 heterocycles. The normalized spacial score (nSPS) is 16.7. The minimum Gasteiger partial charge on any atom is -0.384 e. The molecule has 0 saturated carbocycles. The fraction of sp³-hybridized carbons (Fsp3) is 0.500. The molecule has 3 N–H and O–H groups in total. The average Bonchev–Trinajstić information content (AvgIpc) is 2.57. The van der Waals surface area contributed by atoms with Crippen molar-refractivity contribution < 1.29 is 14.3 Å². The van der Waals surface area contributed by atoms with E-state index in [0.717, 1.165) is 13.1 Å². The van der Waals surface area contributed by atoms with E-state index in [4.69, 9.17) is 16.3 Å². The quantitative estimate of drug-likeness (QED) is 0.762. The van der Waals surface area contributed by atoms with Gasteiger partial charge in [0.2, 0.25) is 5.91 Å². The Hall–Kier alpha value is -1.63. The van der Waals surface area contributed by atoms with E-state index in [1.54, 1.807) is 25.3 Å². The van der Waals surface area contributed by atoms with Gasteiger partial charge in [-0.25, -0.2) is 0 Å². The zero-order valence-corrected chi connectivity index (χ0v) is 14.1. The molecule has 1 aliphatic heterocycles. The van der Waals surface area contributed by atoms with Crippen LogP contribution in [0.25, 0.3) is 0 Å². The molecule has 0 unspecified atom stereocenters. The highest BCUT2D eigenvalue weighted by Crippen LogP contribution is 2.31. The monoisotopic (exact) mass is 339 g/mol. The number of piperidine rings is 1. The van der Waals surface area contributed by atoms with Crippen LogP contribution in [0.4, 0.5) is 5.69 Å². The Labute approximate surface area is 140 Å². The van der Waals surface area contributed by atoms with Crippen LogP contribution < -0.4 is 16.0 Å². The number of hydrogen-bond acceptors (Lipinski definition) is 4. The minimum atomic E-state index is -0.549. The van der Waals surface area contributed by atoms with Gasteiger partial charge >= 0.3 is 0 Å². The molecule has 1 fully saturated rings. The Morgan fingerprint density at radius 1 is 1.35 bits per heavy atom. The van der Waals surface area contributed by atoms with Gasteiger partial charge in [-0.1, -0.05) is 11.6 Å². The van der Waals surface area contributed by atoms with E-state index >= 15 is 0 Å². The first-order valence-corrected chi connectivity index (χ1v) is 7.93. The van der Waals surface area contributed by atoms with Gasteiger partial charge in [0.05, 0.1) is 22.6 Å². The lowest BCUT2D eigenvalue weighted by Crippen LogP contribution is -2.47. The molecule has 7 heteroatoms. The summed E-state index contributed by atoms with van der Waals surface area (Å²) in [6.45, 7) is 1.93. The number of amides is 2. The summed E-state index contributed by atoms with van der Waals surface area (Å²) in [6, 6.07) is 4.88. The molecule has 1 aromatic rings. The molecule has 1 saturated heterocycles. The van der Waals surface area contributed by atoms with Gasteiger partial charge in [0.1, 0.15) is 0 Å². The Kier molecular flexibility index (Phi) is 5.98. The van der Waals surface area contributed by atoms with E-state index in [2.05, 4.69) is 16.0 Å². The Bertz CT molecular complexity index is 580. The predicted octanol–water partition coefficient (Wildman–Crippen LogP) is 1.65. The standard InChI is InChI=1S/C16H22ClN3O3/c1-18-14(21)12-9-11(3-4-13(12)17)20-15(22)16(10-23-2)5-7-19-8-6-16/h3-4,9,19H,5-8,10H2,1-2H3,(H,18,21)(H,20,22). The van der Waals surface area contributed by atoms with Crippen molar-refractivity contribution in [3.63, 3.8) is 0 Å². The number of anilines is 1. The van der Waals surface area contributed by atoms with Crippen LogP contribution in [-0.2, 0) is 9.53 Å². The van der Waals surface area contributed by atoms with Gasteiger partial charge < -0.3 is 20.7 Å². The predicted molar refractivity (Wildman–Crippen MR) is 89.9 cm³/mol. The summed E-state index contributed by atoms with van der Waals surface area (Å²) in [5, 5.41) is 9.02. The number of halogens is 1. The van der Waals surface area contributed by atoms with Crippen molar-refractivity contribution in [3.8, 4) is 0 Å². The van der Waals surface area contributed by atoms with Gasteiger partial charge in [0, 0.05) is 19.8 Å². The molecule has 23 heavy (non-hydrogen) atoms. The third-order valence-corrected chi connectivity index (χ3v) is 4.49. The fourth-order valence-electron chi connectivity index (χ4n) is 2.79. The van der Waals surface area contributed by atoms with E-state index in [1.807, 2.05) is 0 Å². The van der Waals surface area contributed by atoms with Crippen LogP contribution in [0.5, 0.6) is 0 Å². The Balaban J connectivity index is 2.20. The molecule has 0 bridgehead atoms. The summed E-state index contributed by atoms with van der Waals surface area (Å²) in [5.74, 6) is -0.384. The molecule has 0 spiro atoms. The highest BCUT2D eigenvalue weighted by molar-refractivity contribution is 6.34. The van der Waals surface area contributed by atoms with E-state index in [1.165, 1.54) is 7.05 Å². The third kappa shape index (κ3) is 4.02. The summed E-state index contributed by atoms with van der Waals surface area (Å²) in [5.41, 5.74) is 0.331. The molecule has 0 aromatic heterocycles. The topological polar surface area (TPSA) is 79.5 Å². The maximum absolute atomic E-state index is 12.8. The van der Waals surface area contributed by atoms with Crippen molar-refractivity contribution in [2.24, 2.45) is 5.41 Å². The Morgan fingerprint density at radius 2 is 2.04 bits per heavy atom. The second-order valence-corrected chi connectivity index (χ2v) is 6.10. The molecule has 0 aliphatic carbocycles. The molecule has 2 rings (SSSR count). The first-order chi connectivity index (χ1) is 11.0. The minimum absolute atomic E-state index is 0.0916. The van der Waals surface area contributed by atoms with Crippen molar-refractivity contribution in [2.45, 2.75) is 12.8 Å². The molecule has 2 amide bonds. The molecule has 1 aliphatic rings. The first-order valence-electron chi connectivity index (χ1n) is 7.55. The number of benzene rings is 1. The number of carbonyl (C=O) groups is 2. The number of rotatable bonds is 5. The van der Waals surface area contributed by atoms with E-state index < -0.39 is 5.41 Å². The molecular weight excluding hydrogens is 318 g/mol. The fourth-order valence-corrected chi connectivity index (χ4v) is 3.00. The Morgan fingerprint density at radius 3 is 2.65 bits per heavy atom. The first kappa shape index (κ1) is 17.7. The van der Waals surface area contributed by atoms with Gasteiger partial charge in [-0.05, 0) is 44.1 Å². The maximum atomic E-state index is 12.8. The van der Waals surface area contributed by atoms with Crippen LogP contribution in [0.1, 0.15) is 23.2 Å². The number of carbonyl (C=O) groups excluding carboxylic acids is 2.